The first kappa shape index (κ1) is 19.8. The zero-order valence-electron chi connectivity index (χ0n) is 13.1. The van der Waals surface area contributed by atoms with Crippen LogP contribution in [0, 0.1) is 0 Å². The average molecular weight is 290 g/mol. The predicted octanol–water partition coefficient (Wildman–Crippen LogP) is 2.64. The monoisotopic (exact) mass is 290 g/mol. The van der Waals surface area contributed by atoms with E-state index in [4.69, 9.17) is 14.9 Å². The second-order valence-corrected chi connectivity index (χ2v) is 5.57. The molecule has 0 aliphatic carbocycles. The van der Waals surface area contributed by atoms with Gasteiger partial charge in [-0.1, -0.05) is 64.7 Å². The molecule has 2 atom stereocenters. The van der Waals surface area contributed by atoms with Gasteiger partial charge >= 0.3 is 0 Å². The van der Waals surface area contributed by atoms with E-state index in [0.717, 1.165) is 12.8 Å². The summed E-state index contributed by atoms with van der Waals surface area (Å²) in [5, 5.41) is 27.1. The fourth-order valence-corrected chi connectivity index (χ4v) is 2.13. The van der Waals surface area contributed by atoms with E-state index in [1.165, 1.54) is 51.4 Å². The lowest BCUT2D eigenvalue weighted by Gasteiger charge is -2.15. The molecule has 0 bridgehead atoms. The van der Waals surface area contributed by atoms with Crippen LogP contribution in [0.1, 0.15) is 71.1 Å². The molecule has 0 radical (unpaired) electrons. The summed E-state index contributed by atoms with van der Waals surface area (Å²) >= 11 is 0. The molecule has 0 aliphatic rings. The lowest BCUT2D eigenvalue weighted by molar-refractivity contribution is -0.0571. The molecule has 0 unspecified atom stereocenters. The molecule has 0 fully saturated rings. The first-order valence-electron chi connectivity index (χ1n) is 8.27. The van der Waals surface area contributed by atoms with E-state index < -0.39 is 18.8 Å². The van der Waals surface area contributed by atoms with Crippen molar-refractivity contribution in [3.63, 3.8) is 0 Å². The molecule has 0 heterocycles. The standard InChI is InChI=1S/C16H34O4/c1-2-3-4-5-6-7-8-9-10-11-12-20-14-16(19)15(18)13-17/h15-19H,2-14H2,1H3/t15-,16+/m0/s1. The molecule has 122 valence electrons. The van der Waals surface area contributed by atoms with Gasteiger partial charge in [0.2, 0.25) is 0 Å². The SMILES string of the molecule is CCCCCCCCCCCCOC[C@@H](O)[C@@H](O)CO. The van der Waals surface area contributed by atoms with Crippen LogP contribution in [0.5, 0.6) is 0 Å². The normalized spacial score (nSPS) is 14.4. The smallest absolute Gasteiger partial charge is 0.105 e. The minimum Gasteiger partial charge on any atom is -0.394 e. The largest absolute Gasteiger partial charge is 0.394 e. The van der Waals surface area contributed by atoms with E-state index in [0.29, 0.717) is 6.61 Å². The van der Waals surface area contributed by atoms with Crippen molar-refractivity contribution in [3.05, 3.63) is 0 Å². The van der Waals surface area contributed by atoms with E-state index >= 15 is 0 Å². The van der Waals surface area contributed by atoms with Gasteiger partial charge in [0, 0.05) is 6.61 Å². The minimum absolute atomic E-state index is 0.0964. The van der Waals surface area contributed by atoms with Crippen molar-refractivity contribution in [3.8, 4) is 0 Å². The van der Waals surface area contributed by atoms with Gasteiger partial charge in [-0.15, -0.1) is 0 Å². The number of rotatable bonds is 15. The Balaban J connectivity index is 3.10. The predicted molar refractivity (Wildman–Crippen MR) is 81.8 cm³/mol. The fourth-order valence-electron chi connectivity index (χ4n) is 2.13. The van der Waals surface area contributed by atoms with Gasteiger partial charge in [-0.3, -0.25) is 0 Å². The maximum atomic E-state index is 9.34. The molecule has 0 saturated carbocycles. The molecule has 3 N–H and O–H groups in total. The van der Waals surface area contributed by atoms with Crippen molar-refractivity contribution in [2.75, 3.05) is 19.8 Å². The Labute approximate surface area is 124 Å². The van der Waals surface area contributed by atoms with Crippen molar-refractivity contribution in [1.82, 2.24) is 0 Å². The van der Waals surface area contributed by atoms with E-state index in [2.05, 4.69) is 6.92 Å². The van der Waals surface area contributed by atoms with E-state index in [9.17, 15) is 5.11 Å². The minimum atomic E-state index is -1.09. The average Bonchev–Trinajstić information content (AvgIpc) is 2.47. The molecule has 4 heteroatoms. The van der Waals surface area contributed by atoms with Crippen LogP contribution >= 0.6 is 0 Å². The summed E-state index contributed by atoms with van der Waals surface area (Å²) in [7, 11) is 0. The topological polar surface area (TPSA) is 69.9 Å². The molecular formula is C16H34O4. The summed E-state index contributed by atoms with van der Waals surface area (Å²) in [6.07, 6.45) is 10.8. The van der Waals surface area contributed by atoms with Crippen LogP contribution in [0.2, 0.25) is 0 Å². The van der Waals surface area contributed by atoms with Crippen LogP contribution in [-0.2, 0) is 4.74 Å². The summed E-state index contributed by atoms with van der Waals surface area (Å²) in [6.45, 7) is 2.53. The van der Waals surface area contributed by atoms with Crippen LogP contribution in [0.4, 0.5) is 0 Å². The number of hydrogen-bond acceptors (Lipinski definition) is 4. The van der Waals surface area contributed by atoms with Gasteiger partial charge in [0.25, 0.3) is 0 Å². The quantitative estimate of drug-likeness (QED) is 0.406. The highest BCUT2D eigenvalue weighted by molar-refractivity contribution is 4.64. The van der Waals surface area contributed by atoms with Gasteiger partial charge in [-0.2, -0.15) is 0 Å². The van der Waals surface area contributed by atoms with Gasteiger partial charge < -0.3 is 20.1 Å². The van der Waals surface area contributed by atoms with Gasteiger partial charge in [-0.05, 0) is 6.42 Å². The van der Waals surface area contributed by atoms with Crippen LogP contribution in [0.15, 0.2) is 0 Å². The molecule has 0 aromatic heterocycles. The molecular weight excluding hydrogens is 256 g/mol. The molecule has 0 aromatic rings. The first-order valence-corrected chi connectivity index (χ1v) is 8.27. The zero-order chi connectivity index (χ0) is 15.1. The van der Waals surface area contributed by atoms with E-state index in [1.54, 1.807) is 0 Å². The Bertz CT molecular complexity index is 187. The Kier molecular flexibility index (Phi) is 15.1. The number of aliphatic hydroxyl groups is 3. The zero-order valence-corrected chi connectivity index (χ0v) is 13.1. The fraction of sp³-hybridized carbons (Fsp3) is 1.00. The van der Waals surface area contributed by atoms with Crippen molar-refractivity contribution in [1.29, 1.82) is 0 Å². The van der Waals surface area contributed by atoms with Crippen LogP contribution in [0.25, 0.3) is 0 Å². The maximum Gasteiger partial charge on any atom is 0.105 e. The summed E-state index contributed by atoms with van der Waals surface area (Å²) in [5.41, 5.74) is 0. The number of aliphatic hydroxyl groups excluding tert-OH is 3. The molecule has 4 nitrogen and oxygen atoms in total. The third-order valence-electron chi connectivity index (χ3n) is 3.56. The van der Waals surface area contributed by atoms with Gasteiger partial charge in [0.15, 0.2) is 0 Å². The van der Waals surface area contributed by atoms with Crippen LogP contribution in [-0.4, -0.2) is 47.3 Å². The lowest BCUT2D eigenvalue weighted by atomic mass is 10.1. The number of ether oxygens (including phenoxy) is 1. The Morgan fingerprint density at radius 2 is 1.25 bits per heavy atom. The van der Waals surface area contributed by atoms with Gasteiger partial charge in [-0.25, -0.2) is 0 Å². The van der Waals surface area contributed by atoms with Crippen molar-refractivity contribution in [2.24, 2.45) is 0 Å². The van der Waals surface area contributed by atoms with Crippen LogP contribution in [0.3, 0.4) is 0 Å². The Morgan fingerprint density at radius 1 is 0.750 bits per heavy atom. The van der Waals surface area contributed by atoms with Crippen molar-refractivity contribution < 1.29 is 20.1 Å². The third kappa shape index (κ3) is 12.9. The second kappa shape index (κ2) is 15.2. The highest BCUT2D eigenvalue weighted by Gasteiger charge is 2.14. The molecule has 0 spiro atoms. The highest BCUT2D eigenvalue weighted by atomic mass is 16.5. The summed E-state index contributed by atoms with van der Waals surface area (Å²) < 4.78 is 5.27. The number of unbranched alkanes of at least 4 members (excludes halogenated alkanes) is 9. The number of hydrogen-bond donors (Lipinski definition) is 3. The first-order chi connectivity index (χ1) is 9.72. The molecule has 0 aromatic carbocycles. The van der Waals surface area contributed by atoms with Gasteiger partial charge in [0.05, 0.1) is 13.2 Å². The van der Waals surface area contributed by atoms with E-state index in [1.807, 2.05) is 0 Å². The molecule has 0 saturated heterocycles. The van der Waals surface area contributed by atoms with Crippen molar-refractivity contribution >= 4 is 0 Å². The summed E-state index contributed by atoms with van der Waals surface area (Å²) in [5.74, 6) is 0. The van der Waals surface area contributed by atoms with Crippen molar-refractivity contribution in [2.45, 2.75) is 83.3 Å². The summed E-state index contributed by atoms with van der Waals surface area (Å²) in [4.78, 5) is 0. The van der Waals surface area contributed by atoms with E-state index in [-0.39, 0.29) is 6.61 Å². The second-order valence-electron chi connectivity index (χ2n) is 5.57. The molecule has 0 amide bonds. The highest BCUT2D eigenvalue weighted by Crippen LogP contribution is 2.10. The molecule has 20 heavy (non-hydrogen) atoms. The maximum absolute atomic E-state index is 9.34. The van der Waals surface area contributed by atoms with Crippen LogP contribution < -0.4 is 0 Å². The van der Waals surface area contributed by atoms with Gasteiger partial charge in [0.1, 0.15) is 12.2 Å². The molecule has 0 aliphatic heterocycles. The molecule has 0 rings (SSSR count). The Morgan fingerprint density at radius 3 is 1.75 bits per heavy atom. The Hall–Kier alpha value is -0.160. The lowest BCUT2D eigenvalue weighted by Crippen LogP contribution is -2.33. The summed E-state index contributed by atoms with van der Waals surface area (Å²) in [6, 6.07) is 0. The third-order valence-corrected chi connectivity index (χ3v) is 3.56.